The molecule has 1 saturated heterocycles. The molecule has 0 saturated carbocycles. The number of unbranched alkanes of at least 4 members (excludes halogenated alkanes) is 2. The van der Waals surface area contributed by atoms with Crippen molar-refractivity contribution in [1.29, 1.82) is 0 Å². The summed E-state index contributed by atoms with van der Waals surface area (Å²) in [5.41, 5.74) is 0.774. The number of amides is 1. The fraction of sp³-hybridized carbons (Fsp3) is 0.467. The van der Waals surface area contributed by atoms with Crippen LogP contribution in [0, 0.1) is 5.82 Å². The van der Waals surface area contributed by atoms with Crippen LogP contribution in [0.4, 0.5) is 4.39 Å². The molecule has 206 valence electrons. The number of hydrogen-bond donors (Lipinski definition) is 1. The van der Waals surface area contributed by atoms with Crippen LogP contribution in [0.2, 0.25) is 0 Å². The molecular weight excluding hydrogens is 487 g/mol. The van der Waals surface area contributed by atoms with Crippen LogP contribution >= 0.6 is 0 Å². The summed E-state index contributed by atoms with van der Waals surface area (Å²) in [6.45, 7) is 7.46. The van der Waals surface area contributed by atoms with Crippen LogP contribution in [-0.2, 0) is 9.59 Å². The van der Waals surface area contributed by atoms with E-state index in [2.05, 4.69) is 18.7 Å². The van der Waals surface area contributed by atoms with Crippen LogP contribution in [0.1, 0.15) is 63.1 Å². The lowest BCUT2D eigenvalue weighted by atomic mass is 9.94. The van der Waals surface area contributed by atoms with Crippen molar-refractivity contribution in [2.45, 2.75) is 52.0 Å². The maximum Gasteiger partial charge on any atom is 0.295 e. The lowest BCUT2D eigenvalue weighted by Gasteiger charge is -2.28. The Balaban J connectivity index is 2.00. The highest BCUT2D eigenvalue weighted by Crippen LogP contribution is 2.43. The predicted octanol–water partition coefficient (Wildman–Crippen LogP) is 5.56. The molecule has 1 amide bonds. The molecule has 7 nitrogen and oxygen atoms in total. The maximum atomic E-state index is 13.5. The van der Waals surface area contributed by atoms with E-state index >= 15 is 0 Å². The third-order valence-corrected chi connectivity index (χ3v) is 6.92. The molecule has 0 aromatic heterocycles. The van der Waals surface area contributed by atoms with Crippen molar-refractivity contribution in [2.24, 2.45) is 0 Å². The Morgan fingerprint density at radius 2 is 1.58 bits per heavy atom. The lowest BCUT2D eigenvalue weighted by molar-refractivity contribution is -0.140. The van der Waals surface area contributed by atoms with Gasteiger partial charge in [0.1, 0.15) is 23.1 Å². The highest BCUT2D eigenvalue weighted by atomic mass is 19.1. The van der Waals surface area contributed by atoms with Crippen LogP contribution in [-0.4, -0.2) is 67.0 Å². The van der Waals surface area contributed by atoms with Gasteiger partial charge in [0.05, 0.1) is 25.8 Å². The van der Waals surface area contributed by atoms with Gasteiger partial charge in [-0.25, -0.2) is 4.39 Å². The van der Waals surface area contributed by atoms with Crippen molar-refractivity contribution in [1.82, 2.24) is 9.80 Å². The van der Waals surface area contributed by atoms with Crippen molar-refractivity contribution >= 4 is 17.4 Å². The van der Waals surface area contributed by atoms with Crippen LogP contribution in [0.25, 0.3) is 5.76 Å². The molecule has 2 aromatic carbocycles. The second-order valence-corrected chi connectivity index (χ2v) is 9.51. The third kappa shape index (κ3) is 6.72. The number of methoxy groups -OCH3 is 2. The number of likely N-dealkylation sites (tertiary alicyclic amines) is 1. The summed E-state index contributed by atoms with van der Waals surface area (Å²) in [4.78, 5) is 30.6. The number of Topliss-reactive ketones (excluding diaryl/α,β-unsaturated/α-hetero) is 1. The van der Waals surface area contributed by atoms with E-state index in [-0.39, 0.29) is 16.9 Å². The van der Waals surface area contributed by atoms with Crippen LogP contribution < -0.4 is 9.47 Å². The van der Waals surface area contributed by atoms with Gasteiger partial charge in [0, 0.05) is 23.7 Å². The van der Waals surface area contributed by atoms with Crippen molar-refractivity contribution in [2.75, 3.05) is 40.4 Å². The van der Waals surface area contributed by atoms with Gasteiger partial charge in [-0.05, 0) is 75.3 Å². The molecule has 1 heterocycles. The second kappa shape index (κ2) is 14.0. The average molecular weight is 527 g/mol. The minimum atomic E-state index is -0.861. The lowest BCUT2D eigenvalue weighted by Crippen LogP contribution is -2.34. The van der Waals surface area contributed by atoms with Gasteiger partial charge in [-0.3, -0.25) is 9.59 Å². The van der Waals surface area contributed by atoms with E-state index < -0.39 is 23.5 Å². The number of halogens is 1. The first kappa shape index (κ1) is 29.2. The second-order valence-electron chi connectivity index (χ2n) is 9.51. The largest absolute Gasteiger partial charge is 0.507 e. The summed E-state index contributed by atoms with van der Waals surface area (Å²) in [6.07, 6.45) is 5.10. The number of aliphatic hydroxyl groups is 1. The number of ether oxygens (including phenoxy) is 2. The number of aliphatic hydroxyl groups excluding tert-OH is 1. The highest BCUT2D eigenvalue weighted by molar-refractivity contribution is 6.46. The van der Waals surface area contributed by atoms with E-state index in [1.54, 1.807) is 18.2 Å². The molecule has 2 aromatic rings. The summed E-state index contributed by atoms with van der Waals surface area (Å²) in [5.74, 6) is -1.27. The third-order valence-electron chi connectivity index (χ3n) is 6.92. The number of nitrogens with zero attached hydrogens (tertiary/aromatic N) is 2. The van der Waals surface area contributed by atoms with Crippen molar-refractivity contribution in [3.8, 4) is 11.5 Å². The standard InChI is InChI=1S/C30H39FN2O5/c1-5-7-16-32(17-8-6-2)18-9-19-33-27(24-15-14-23(37-3)20-25(24)38-4)26(29(35)30(33)36)28(34)21-10-12-22(31)13-11-21/h10-15,20,27,34H,5-9,16-19H2,1-4H3/t27-/m1/s1. The van der Waals surface area contributed by atoms with E-state index in [1.165, 1.54) is 43.4 Å². The molecule has 1 aliphatic heterocycles. The average Bonchev–Trinajstić information content (AvgIpc) is 3.18. The monoisotopic (exact) mass is 526 g/mol. The SMILES string of the molecule is CCCCN(CCCC)CCCN1C(=O)C(=O)C(=C(O)c2ccc(F)cc2)[C@H]1c1ccc(OC)cc1OC. The predicted molar refractivity (Wildman–Crippen MR) is 146 cm³/mol. The van der Waals surface area contributed by atoms with Crippen LogP contribution in [0.15, 0.2) is 48.0 Å². The molecule has 1 N–H and O–H groups in total. The molecule has 0 spiro atoms. The number of ketones is 1. The molecule has 1 aliphatic rings. The number of hydrogen-bond acceptors (Lipinski definition) is 6. The van der Waals surface area contributed by atoms with Gasteiger partial charge in [-0.15, -0.1) is 0 Å². The van der Waals surface area contributed by atoms with Crippen molar-refractivity contribution in [3.05, 3.63) is 65.0 Å². The zero-order valence-electron chi connectivity index (χ0n) is 22.8. The summed E-state index contributed by atoms with van der Waals surface area (Å²) < 4.78 is 24.5. The van der Waals surface area contributed by atoms with E-state index in [0.717, 1.165) is 45.3 Å². The molecule has 3 rings (SSSR count). The molecule has 0 bridgehead atoms. The Morgan fingerprint density at radius 3 is 2.16 bits per heavy atom. The smallest absolute Gasteiger partial charge is 0.295 e. The topological polar surface area (TPSA) is 79.3 Å². The maximum absolute atomic E-state index is 13.5. The van der Waals surface area contributed by atoms with E-state index in [1.807, 2.05) is 0 Å². The normalized spacial score (nSPS) is 16.9. The van der Waals surface area contributed by atoms with Crippen LogP contribution in [0.3, 0.4) is 0 Å². The molecule has 8 heteroatoms. The number of carbonyl (C=O) groups is 2. The van der Waals surface area contributed by atoms with Crippen molar-refractivity contribution < 1.29 is 28.6 Å². The Labute approximate surface area is 224 Å². The Bertz CT molecular complexity index is 1120. The summed E-state index contributed by atoms with van der Waals surface area (Å²) in [7, 11) is 3.04. The van der Waals surface area contributed by atoms with Gasteiger partial charge in [-0.1, -0.05) is 26.7 Å². The first-order chi connectivity index (χ1) is 18.4. The Morgan fingerprint density at radius 1 is 0.947 bits per heavy atom. The number of rotatable bonds is 14. The molecule has 1 fully saturated rings. The van der Waals surface area contributed by atoms with Gasteiger partial charge >= 0.3 is 0 Å². The van der Waals surface area contributed by atoms with Gasteiger partial charge < -0.3 is 24.4 Å². The summed E-state index contributed by atoms with van der Waals surface area (Å²) >= 11 is 0. The molecule has 0 radical (unpaired) electrons. The number of carbonyl (C=O) groups excluding carboxylic acids is 2. The van der Waals surface area contributed by atoms with Gasteiger partial charge in [0.25, 0.3) is 11.7 Å². The number of benzene rings is 2. The van der Waals surface area contributed by atoms with E-state index in [0.29, 0.717) is 30.0 Å². The molecule has 1 atom stereocenters. The van der Waals surface area contributed by atoms with Crippen LogP contribution in [0.5, 0.6) is 11.5 Å². The zero-order valence-corrected chi connectivity index (χ0v) is 22.8. The molecule has 0 aliphatic carbocycles. The first-order valence-corrected chi connectivity index (χ1v) is 13.3. The Kier molecular flexibility index (Phi) is 10.7. The van der Waals surface area contributed by atoms with E-state index in [4.69, 9.17) is 9.47 Å². The molecule has 0 unspecified atom stereocenters. The zero-order chi connectivity index (χ0) is 27.7. The minimum Gasteiger partial charge on any atom is -0.507 e. The Hall–Kier alpha value is -3.39. The first-order valence-electron chi connectivity index (χ1n) is 13.3. The quantitative estimate of drug-likeness (QED) is 0.197. The fourth-order valence-corrected chi connectivity index (χ4v) is 4.81. The van der Waals surface area contributed by atoms with E-state index in [9.17, 15) is 19.1 Å². The minimum absolute atomic E-state index is 0.0427. The highest BCUT2D eigenvalue weighted by Gasteiger charge is 2.46. The van der Waals surface area contributed by atoms with Crippen molar-refractivity contribution in [3.63, 3.8) is 0 Å². The molecule has 38 heavy (non-hydrogen) atoms. The summed E-state index contributed by atoms with van der Waals surface area (Å²) in [6, 6.07) is 9.48. The molecular formula is C30H39FN2O5. The van der Waals surface area contributed by atoms with Gasteiger partial charge in [0.2, 0.25) is 0 Å². The van der Waals surface area contributed by atoms with Gasteiger partial charge in [0.15, 0.2) is 0 Å². The summed E-state index contributed by atoms with van der Waals surface area (Å²) in [5, 5.41) is 11.2. The van der Waals surface area contributed by atoms with Gasteiger partial charge in [-0.2, -0.15) is 0 Å². The fourth-order valence-electron chi connectivity index (χ4n) is 4.81.